The van der Waals surface area contributed by atoms with E-state index < -0.39 is 36.2 Å². The largest absolute Gasteiger partial charge is 0.468 e. The molecule has 40 heavy (non-hydrogen) atoms. The summed E-state index contributed by atoms with van der Waals surface area (Å²) in [5, 5.41) is 6.99. The number of carbonyl (C=O) groups is 3. The van der Waals surface area contributed by atoms with Gasteiger partial charge in [0, 0.05) is 23.0 Å². The Morgan fingerprint density at radius 3 is 2.17 bits per heavy atom. The number of ether oxygens (including phenoxy) is 3. The Bertz CT molecular complexity index is 1470. The highest BCUT2D eigenvalue weighted by molar-refractivity contribution is 5.87. The second-order valence-corrected chi connectivity index (χ2v) is 9.65. The monoisotopic (exact) mass is 541 g/mol. The number of nitrogens with one attached hydrogen (secondary N) is 3. The van der Waals surface area contributed by atoms with Crippen LogP contribution in [0.5, 0.6) is 0 Å². The molecule has 9 nitrogen and oxygen atoms in total. The highest BCUT2D eigenvalue weighted by Crippen LogP contribution is 2.34. The second kappa shape index (κ2) is 12.5. The molecular weight excluding hydrogens is 510 g/mol. The van der Waals surface area contributed by atoms with Crippen LogP contribution < -0.4 is 10.6 Å². The zero-order valence-electron chi connectivity index (χ0n) is 22.1. The van der Waals surface area contributed by atoms with Gasteiger partial charge in [-0.15, -0.1) is 0 Å². The van der Waals surface area contributed by atoms with E-state index in [2.05, 4.69) is 15.6 Å². The molecule has 9 heteroatoms. The van der Waals surface area contributed by atoms with Gasteiger partial charge in [0.2, 0.25) is 0 Å². The first-order valence-corrected chi connectivity index (χ1v) is 13.1. The molecule has 2 heterocycles. The normalized spacial score (nSPS) is 16.9. The van der Waals surface area contributed by atoms with Crippen LogP contribution in [0.1, 0.15) is 34.8 Å². The summed E-state index contributed by atoms with van der Waals surface area (Å²) in [6, 6.07) is 24.2. The molecule has 3 aromatic carbocycles. The Morgan fingerprint density at radius 2 is 1.50 bits per heavy atom. The first kappa shape index (κ1) is 27.0. The molecule has 0 fully saturated rings. The lowest BCUT2D eigenvalue weighted by atomic mass is 9.90. The van der Waals surface area contributed by atoms with Crippen molar-refractivity contribution in [2.24, 2.45) is 0 Å². The number of H-pyrrole nitrogens is 1. The van der Waals surface area contributed by atoms with Crippen molar-refractivity contribution in [2.75, 3.05) is 7.11 Å². The van der Waals surface area contributed by atoms with E-state index in [0.29, 0.717) is 6.42 Å². The van der Waals surface area contributed by atoms with Gasteiger partial charge in [-0.05, 0) is 29.2 Å². The minimum Gasteiger partial charge on any atom is -0.468 e. The number of hydrogen-bond acceptors (Lipinski definition) is 7. The molecule has 3 N–H and O–H groups in total. The van der Waals surface area contributed by atoms with Gasteiger partial charge < -0.3 is 24.5 Å². The van der Waals surface area contributed by atoms with Crippen LogP contribution in [0.4, 0.5) is 4.79 Å². The average Bonchev–Trinajstić information content (AvgIpc) is 3.38. The van der Waals surface area contributed by atoms with Crippen molar-refractivity contribution in [1.29, 1.82) is 0 Å². The standard InChI is InChI=1S/C31H31N3O6/c1-38-29(35)26-16-23-22-14-8-9-15-24(22)33-28(23)25(32-26)17-27(30(36)39-18-20-10-4-2-5-11-20)34-31(37)40-19-21-12-6-3-7-13-21/h2-15,25-27,32-33H,16-19H2,1H3,(H,34,37)/t25-,26+,27-/m1/s1. The maximum atomic E-state index is 13.3. The molecule has 0 saturated carbocycles. The Hall–Kier alpha value is -4.63. The molecule has 3 atom stereocenters. The number of methoxy groups -OCH3 is 1. The summed E-state index contributed by atoms with van der Waals surface area (Å²) in [7, 11) is 1.35. The molecule has 0 spiro atoms. The van der Waals surface area contributed by atoms with Crippen molar-refractivity contribution in [2.45, 2.75) is 44.2 Å². The number of rotatable bonds is 9. The molecule has 0 unspecified atom stereocenters. The van der Waals surface area contributed by atoms with Gasteiger partial charge in [-0.3, -0.25) is 10.1 Å². The van der Waals surface area contributed by atoms with Crippen LogP contribution in [0.25, 0.3) is 10.9 Å². The van der Waals surface area contributed by atoms with Gasteiger partial charge in [0.25, 0.3) is 0 Å². The number of aromatic nitrogens is 1. The third kappa shape index (κ3) is 6.32. The fourth-order valence-corrected chi connectivity index (χ4v) is 4.99. The van der Waals surface area contributed by atoms with Crippen molar-refractivity contribution in [1.82, 2.24) is 15.6 Å². The van der Waals surface area contributed by atoms with E-state index in [1.165, 1.54) is 7.11 Å². The van der Waals surface area contributed by atoms with E-state index in [9.17, 15) is 14.4 Å². The van der Waals surface area contributed by atoms with E-state index in [4.69, 9.17) is 14.2 Å². The highest BCUT2D eigenvalue weighted by Gasteiger charge is 2.37. The maximum Gasteiger partial charge on any atom is 0.408 e. The smallest absolute Gasteiger partial charge is 0.408 e. The number of para-hydroxylation sites is 1. The lowest BCUT2D eigenvalue weighted by molar-refractivity contribution is -0.147. The summed E-state index contributed by atoms with van der Waals surface area (Å²) in [5.74, 6) is -1.01. The topological polar surface area (TPSA) is 119 Å². The van der Waals surface area contributed by atoms with Crippen LogP contribution in [0.15, 0.2) is 84.9 Å². The summed E-state index contributed by atoms with van der Waals surface area (Å²) in [5.41, 5.74) is 4.38. The summed E-state index contributed by atoms with van der Waals surface area (Å²) in [6.07, 6.45) is -0.206. The predicted molar refractivity (Wildman–Crippen MR) is 148 cm³/mol. The second-order valence-electron chi connectivity index (χ2n) is 9.65. The molecule has 5 rings (SSSR count). The number of amides is 1. The lowest BCUT2D eigenvalue weighted by Gasteiger charge is -2.32. The first-order chi connectivity index (χ1) is 19.5. The summed E-state index contributed by atoms with van der Waals surface area (Å²) < 4.78 is 16.0. The summed E-state index contributed by atoms with van der Waals surface area (Å²) in [6.45, 7) is 0.105. The van der Waals surface area contributed by atoms with Crippen LogP contribution in [0.3, 0.4) is 0 Å². The molecule has 4 aromatic rings. The molecule has 1 aromatic heterocycles. The van der Waals surface area contributed by atoms with Gasteiger partial charge in [0.05, 0.1) is 13.2 Å². The number of carbonyl (C=O) groups excluding carboxylic acids is 3. The minimum absolute atomic E-state index is 0.0523. The number of fused-ring (bicyclic) bond motifs is 3. The van der Waals surface area contributed by atoms with Crippen LogP contribution >= 0.6 is 0 Å². The predicted octanol–water partition coefficient (Wildman–Crippen LogP) is 4.32. The lowest BCUT2D eigenvalue weighted by Crippen LogP contribution is -2.49. The Balaban J connectivity index is 1.38. The van der Waals surface area contributed by atoms with E-state index >= 15 is 0 Å². The molecule has 0 bridgehead atoms. The first-order valence-electron chi connectivity index (χ1n) is 13.1. The summed E-state index contributed by atoms with van der Waals surface area (Å²) >= 11 is 0. The summed E-state index contributed by atoms with van der Waals surface area (Å²) in [4.78, 5) is 42.2. The van der Waals surface area contributed by atoms with Crippen molar-refractivity contribution >= 4 is 28.9 Å². The van der Waals surface area contributed by atoms with Crippen molar-refractivity contribution in [3.8, 4) is 0 Å². The van der Waals surface area contributed by atoms with E-state index in [0.717, 1.165) is 33.3 Å². The van der Waals surface area contributed by atoms with Crippen molar-refractivity contribution in [3.05, 3.63) is 107 Å². The molecule has 0 saturated heterocycles. The SMILES string of the molecule is COC(=O)[C@@H]1Cc2c([nH]c3ccccc23)[C@@H](C[C@@H](NC(=O)OCc2ccccc2)C(=O)OCc2ccccc2)N1. The van der Waals surface area contributed by atoms with Gasteiger partial charge in [-0.1, -0.05) is 78.9 Å². The molecule has 1 aliphatic heterocycles. The van der Waals surface area contributed by atoms with Crippen molar-refractivity contribution in [3.63, 3.8) is 0 Å². The van der Waals surface area contributed by atoms with Crippen LogP contribution in [-0.4, -0.2) is 42.2 Å². The third-order valence-corrected chi connectivity index (χ3v) is 6.98. The van der Waals surface area contributed by atoms with Gasteiger partial charge in [-0.25, -0.2) is 9.59 Å². The average molecular weight is 542 g/mol. The number of aromatic amines is 1. The fourth-order valence-electron chi connectivity index (χ4n) is 4.99. The maximum absolute atomic E-state index is 13.3. The Labute approximate surface area is 231 Å². The zero-order valence-corrected chi connectivity index (χ0v) is 22.1. The molecule has 206 valence electrons. The Morgan fingerprint density at radius 1 is 0.875 bits per heavy atom. The number of benzene rings is 3. The highest BCUT2D eigenvalue weighted by atomic mass is 16.6. The van der Waals surface area contributed by atoms with Gasteiger partial charge in [0.15, 0.2) is 0 Å². The molecule has 0 aliphatic carbocycles. The molecule has 0 radical (unpaired) electrons. The Kier molecular flexibility index (Phi) is 8.41. The van der Waals surface area contributed by atoms with E-state index in [-0.39, 0.29) is 19.6 Å². The quantitative estimate of drug-likeness (QED) is 0.213. The zero-order chi connectivity index (χ0) is 27.9. The number of alkyl carbamates (subject to hydrolysis) is 1. The van der Waals surface area contributed by atoms with Crippen molar-refractivity contribution < 1.29 is 28.6 Å². The molecule has 1 aliphatic rings. The molecular formula is C31H31N3O6. The van der Waals surface area contributed by atoms with Gasteiger partial charge in [0.1, 0.15) is 25.3 Å². The molecule has 1 amide bonds. The van der Waals surface area contributed by atoms with Crippen LogP contribution in [0.2, 0.25) is 0 Å². The van der Waals surface area contributed by atoms with Crippen LogP contribution in [-0.2, 0) is 43.4 Å². The minimum atomic E-state index is -1.06. The number of esters is 2. The van der Waals surface area contributed by atoms with Gasteiger partial charge in [-0.2, -0.15) is 0 Å². The van der Waals surface area contributed by atoms with E-state index in [1.807, 2.05) is 84.9 Å². The third-order valence-electron chi connectivity index (χ3n) is 6.98. The fraction of sp³-hybridized carbons (Fsp3) is 0.258. The number of hydrogen-bond donors (Lipinski definition) is 3. The van der Waals surface area contributed by atoms with E-state index in [1.54, 1.807) is 0 Å². The van der Waals surface area contributed by atoms with Gasteiger partial charge >= 0.3 is 18.0 Å². The van der Waals surface area contributed by atoms with Crippen LogP contribution in [0, 0.1) is 0 Å².